The van der Waals surface area contributed by atoms with Gasteiger partial charge in [-0.05, 0) is 24.3 Å². The molecule has 27 heavy (non-hydrogen) atoms. The average molecular weight is 406 g/mol. The number of hydrogen-bond donors (Lipinski definition) is 1. The molecule has 1 N–H and O–H groups in total. The van der Waals surface area contributed by atoms with Crippen LogP contribution in [0.5, 0.6) is 5.75 Å². The number of aromatic nitrogens is 2. The largest absolute Gasteiger partial charge is 0.486 e. The molecule has 1 amide bonds. The maximum Gasteiger partial charge on any atom is 0.232 e. The van der Waals surface area contributed by atoms with Crippen LogP contribution in [0.3, 0.4) is 0 Å². The number of anilines is 1. The van der Waals surface area contributed by atoms with E-state index in [0.717, 1.165) is 10.7 Å². The molecule has 0 fully saturated rings. The van der Waals surface area contributed by atoms with Gasteiger partial charge in [0, 0.05) is 16.2 Å². The lowest BCUT2D eigenvalue weighted by Gasteiger charge is -2.14. The molecule has 5 nitrogen and oxygen atoms in total. The van der Waals surface area contributed by atoms with Crippen LogP contribution in [0, 0.1) is 5.82 Å². The van der Waals surface area contributed by atoms with Crippen LogP contribution in [-0.4, -0.2) is 15.9 Å². The summed E-state index contributed by atoms with van der Waals surface area (Å²) in [5.41, 5.74) is 1.59. The zero-order valence-corrected chi connectivity index (χ0v) is 16.9. The van der Waals surface area contributed by atoms with Crippen LogP contribution in [-0.2, 0) is 23.2 Å². The number of rotatable bonds is 6. The summed E-state index contributed by atoms with van der Waals surface area (Å²) in [6.45, 7) is 6.52. The molecule has 0 atom stereocenters. The number of carbonyl (C=O) groups excluding carboxylic acids is 1. The molecule has 3 aromatic rings. The minimum Gasteiger partial charge on any atom is -0.486 e. The molecule has 1 aromatic carbocycles. The van der Waals surface area contributed by atoms with E-state index < -0.39 is 0 Å². The number of amides is 1. The van der Waals surface area contributed by atoms with E-state index in [-0.39, 0.29) is 30.2 Å². The minimum absolute atomic E-state index is 0.0478. The molecule has 0 spiro atoms. The Balaban J connectivity index is 1.51. The van der Waals surface area contributed by atoms with Crippen LogP contribution >= 0.6 is 22.7 Å². The van der Waals surface area contributed by atoms with E-state index in [1.165, 1.54) is 34.8 Å². The van der Waals surface area contributed by atoms with Crippen molar-refractivity contribution in [3.8, 4) is 5.75 Å². The van der Waals surface area contributed by atoms with Crippen LogP contribution in [0.2, 0.25) is 0 Å². The highest BCUT2D eigenvalue weighted by Crippen LogP contribution is 2.26. The maximum absolute atomic E-state index is 12.9. The highest BCUT2D eigenvalue weighted by Gasteiger charge is 2.18. The van der Waals surface area contributed by atoms with Gasteiger partial charge < -0.3 is 10.1 Å². The maximum atomic E-state index is 12.9. The van der Waals surface area contributed by atoms with Gasteiger partial charge in [0.25, 0.3) is 0 Å². The number of thiazole rings is 2. The first-order valence-electron chi connectivity index (χ1n) is 8.37. The van der Waals surface area contributed by atoms with E-state index in [0.29, 0.717) is 16.6 Å². The zero-order chi connectivity index (χ0) is 19.4. The highest BCUT2D eigenvalue weighted by molar-refractivity contribution is 7.14. The SMILES string of the molecule is CC(C)(C)c1csc(NC(=O)Cc2csc(COc3ccc(F)cc3)n2)n1. The van der Waals surface area contributed by atoms with E-state index >= 15 is 0 Å². The van der Waals surface area contributed by atoms with Crippen LogP contribution < -0.4 is 10.1 Å². The summed E-state index contributed by atoms with van der Waals surface area (Å²) in [6.07, 6.45) is 0.178. The van der Waals surface area contributed by atoms with Crippen molar-refractivity contribution in [3.05, 3.63) is 57.2 Å². The number of nitrogens with zero attached hydrogens (tertiary/aromatic N) is 2. The van der Waals surface area contributed by atoms with Crippen LogP contribution in [0.15, 0.2) is 35.0 Å². The van der Waals surface area contributed by atoms with Crippen molar-refractivity contribution in [1.29, 1.82) is 0 Å². The van der Waals surface area contributed by atoms with Gasteiger partial charge in [-0.1, -0.05) is 20.8 Å². The molecule has 0 aliphatic rings. The van der Waals surface area contributed by atoms with Gasteiger partial charge in [0.15, 0.2) is 5.13 Å². The van der Waals surface area contributed by atoms with Crippen LogP contribution in [0.25, 0.3) is 0 Å². The molecular weight excluding hydrogens is 385 g/mol. The highest BCUT2D eigenvalue weighted by atomic mass is 32.1. The minimum atomic E-state index is -0.306. The third-order valence-electron chi connectivity index (χ3n) is 3.64. The second-order valence-corrected chi connectivity index (χ2v) is 8.79. The van der Waals surface area contributed by atoms with E-state index in [4.69, 9.17) is 4.74 Å². The third kappa shape index (κ3) is 5.58. The molecule has 0 unspecified atom stereocenters. The van der Waals surface area contributed by atoms with Gasteiger partial charge in [-0.3, -0.25) is 4.79 Å². The fraction of sp³-hybridized carbons (Fsp3) is 0.316. The molecule has 142 valence electrons. The Morgan fingerprint density at radius 1 is 1.15 bits per heavy atom. The molecular formula is C19H20FN3O2S2. The van der Waals surface area contributed by atoms with Crippen molar-refractivity contribution >= 4 is 33.7 Å². The summed E-state index contributed by atoms with van der Waals surface area (Å²) in [6, 6.07) is 5.82. The first-order chi connectivity index (χ1) is 12.8. The fourth-order valence-electron chi connectivity index (χ4n) is 2.18. The van der Waals surface area contributed by atoms with Crippen molar-refractivity contribution in [2.45, 2.75) is 39.2 Å². The average Bonchev–Trinajstić information content (AvgIpc) is 3.23. The molecule has 0 saturated carbocycles. The van der Waals surface area contributed by atoms with Gasteiger partial charge in [0.2, 0.25) is 5.91 Å². The Morgan fingerprint density at radius 3 is 2.56 bits per heavy atom. The Morgan fingerprint density at radius 2 is 1.89 bits per heavy atom. The van der Waals surface area contributed by atoms with Crippen LogP contribution in [0.1, 0.15) is 37.2 Å². The van der Waals surface area contributed by atoms with Crippen molar-refractivity contribution in [2.24, 2.45) is 0 Å². The molecule has 8 heteroatoms. The zero-order valence-electron chi connectivity index (χ0n) is 15.3. The Bertz CT molecular complexity index is 914. The number of halogens is 1. The molecule has 0 bridgehead atoms. The molecule has 3 rings (SSSR count). The lowest BCUT2D eigenvalue weighted by Crippen LogP contribution is -2.16. The van der Waals surface area contributed by atoms with Crippen molar-refractivity contribution in [1.82, 2.24) is 9.97 Å². The van der Waals surface area contributed by atoms with Crippen molar-refractivity contribution < 1.29 is 13.9 Å². The smallest absolute Gasteiger partial charge is 0.232 e. The van der Waals surface area contributed by atoms with Gasteiger partial charge in [-0.2, -0.15) is 0 Å². The monoisotopic (exact) mass is 405 g/mol. The summed E-state index contributed by atoms with van der Waals surface area (Å²) in [4.78, 5) is 21.1. The topological polar surface area (TPSA) is 64.1 Å². The van der Waals surface area contributed by atoms with Gasteiger partial charge in [0.1, 0.15) is 23.2 Å². The van der Waals surface area contributed by atoms with Crippen molar-refractivity contribution in [2.75, 3.05) is 5.32 Å². The number of hydrogen-bond acceptors (Lipinski definition) is 6. The van der Waals surface area contributed by atoms with Gasteiger partial charge in [-0.15, -0.1) is 22.7 Å². The van der Waals surface area contributed by atoms with Crippen LogP contribution in [0.4, 0.5) is 9.52 Å². The molecule has 0 aliphatic carbocycles. The summed E-state index contributed by atoms with van der Waals surface area (Å²) >= 11 is 2.84. The summed E-state index contributed by atoms with van der Waals surface area (Å²) in [5.74, 6) is 0.116. The van der Waals surface area contributed by atoms with Gasteiger partial charge in [0.05, 0.1) is 17.8 Å². The fourth-order valence-corrected chi connectivity index (χ4v) is 3.83. The Labute approximate surface area is 165 Å². The quantitative estimate of drug-likeness (QED) is 0.640. The van der Waals surface area contributed by atoms with E-state index in [2.05, 4.69) is 36.1 Å². The molecule has 0 aliphatic heterocycles. The summed E-state index contributed by atoms with van der Waals surface area (Å²) < 4.78 is 18.5. The summed E-state index contributed by atoms with van der Waals surface area (Å²) in [5, 5.41) is 7.98. The molecule has 2 heterocycles. The third-order valence-corrected chi connectivity index (χ3v) is 5.26. The first kappa shape index (κ1) is 19.4. The lowest BCUT2D eigenvalue weighted by molar-refractivity contribution is -0.115. The second-order valence-electron chi connectivity index (χ2n) is 6.99. The Kier molecular flexibility index (Phi) is 5.86. The number of benzene rings is 1. The normalized spacial score (nSPS) is 11.4. The number of carbonyl (C=O) groups is 1. The standard InChI is InChI=1S/C19H20FN3O2S2/c1-19(2,3)15-11-27-18(22-15)23-16(24)8-13-10-26-17(21-13)9-25-14-6-4-12(20)5-7-14/h4-7,10-11H,8-9H2,1-3H3,(H,22,23,24). The predicted octanol–water partition coefficient (Wildman–Crippen LogP) is 4.80. The number of ether oxygens (including phenoxy) is 1. The molecule has 0 radical (unpaired) electrons. The molecule has 2 aromatic heterocycles. The second kappa shape index (κ2) is 8.14. The van der Waals surface area contributed by atoms with E-state index in [1.54, 1.807) is 12.1 Å². The number of nitrogens with one attached hydrogen (secondary N) is 1. The Hall–Kier alpha value is -2.32. The lowest BCUT2D eigenvalue weighted by atomic mass is 9.93. The predicted molar refractivity (Wildman–Crippen MR) is 106 cm³/mol. The van der Waals surface area contributed by atoms with E-state index in [9.17, 15) is 9.18 Å². The van der Waals surface area contributed by atoms with Gasteiger partial charge >= 0.3 is 0 Å². The first-order valence-corrected chi connectivity index (χ1v) is 10.1. The summed E-state index contributed by atoms with van der Waals surface area (Å²) in [7, 11) is 0. The van der Waals surface area contributed by atoms with E-state index in [1.807, 2.05) is 10.8 Å². The molecule has 0 saturated heterocycles. The van der Waals surface area contributed by atoms with Gasteiger partial charge in [-0.25, -0.2) is 14.4 Å². The van der Waals surface area contributed by atoms with Crippen molar-refractivity contribution in [3.63, 3.8) is 0 Å².